The van der Waals surface area contributed by atoms with Crippen LogP contribution in [0.4, 0.5) is 0 Å². The number of likely N-dealkylation sites (tertiary alicyclic amines) is 1. The highest BCUT2D eigenvalue weighted by atomic mass is 16.1. The number of amides is 1. The average Bonchev–Trinajstić information content (AvgIpc) is 2.87. The van der Waals surface area contributed by atoms with Crippen LogP contribution in [-0.4, -0.2) is 29.9 Å². The third-order valence-electron chi connectivity index (χ3n) is 5.44. The maximum atomic E-state index is 12.2. The molecule has 1 aromatic carbocycles. The largest absolute Gasteiger partial charge is 0.352 e. The summed E-state index contributed by atoms with van der Waals surface area (Å²) in [6.07, 6.45) is 8.15. The zero-order valence-electron chi connectivity index (χ0n) is 14.7. The SMILES string of the molecule is NC1CCC(C(=O)NCc2ccc(CN3CCCCCC3)cc2)C1. The van der Waals surface area contributed by atoms with E-state index in [4.69, 9.17) is 5.73 Å². The molecule has 3 rings (SSSR count). The topological polar surface area (TPSA) is 58.4 Å². The van der Waals surface area contributed by atoms with Gasteiger partial charge in [0.05, 0.1) is 0 Å². The van der Waals surface area contributed by atoms with Crippen LogP contribution in [-0.2, 0) is 17.9 Å². The van der Waals surface area contributed by atoms with Crippen LogP contribution in [0.25, 0.3) is 0 Å². The van der Waals surface area contributed by atoms with E-state index in [1.165, 1.54) is 49.9 Å². The second-order valence-electron chi connectivity index (χ2n) is 7.49. The minimum atomic E-state index is 0.113. The van der Waals surface area contributed by atoms with Crippen LogP contribution in [0.15, 0.2) is 24.3 Å². The number of rotatable bonds is 5. The molecule has 1 saturated heterocycles. The number of carbonyl (C=O) groups excluding carboxylic acids is 1. The van der Waals surface area contributed by atoms with Crippen molar-refractivity contribution in [3.8, 4) is 0 Å². The number of carbonyl (C=O) groups is 1. The number of benzene rings is 1. The van der Waals surface area contributed by atoms with Gasteiger partial charge in [-0.3, -0.25) is 9.69 Å². The second kappa shape index (κ2) is 8.63. The van der Waals surface area contributed by atoms with Crippen molar-refractivity contribution in [3.63, 3.8) is 0 Å². The molecular formula is C20H31N3O. The normalized spacial score (nSPS) is 25.4. The van der Waals surface area contributed by atoms with Crippen LogP contribution >= 0.6 is 0 Å². The van der Waals surface area contributed by atoms with Gasteiger partial charge in [0.25, 0.3) is 0 Å². The van der Waals surface area contributed by atoms with E-state index in [1.807, 2.05) is 0 Å². The minimum absolute atomic E-state index is 0.113. The Bertz CT molecular complexity index is 520. The van der Waals surface area contributed by atoms with Crippen molar-refractivity contribution < 1.29 is 4.79 Å². The number of hydrogen-bond donors (Lipinski definition) is 2. The van der Waals surface area contributed by atoms with E-state index in [0.717, 1.165) is 25.8 Å². The summed E-state index contributed by atoms with van der Waals surface area (Å²) >= 11 is 0. The summed E-state index contributed by atoms with van der Waals surface area (Å²) in [6, 6.07) is 8.91. The van der Waals surface area contributed by atoms with E-state index in [1.54, 1.807) is 0 Å². The molecular weight excluding hydrogens is 298 g/mol. The summed E-state index contributed by atoms with van der Waals surface area (Å²) in [5.74, 6) is 0.277. The third-order valence-corrected chi connectivity index (χ3v) is 5.44. The van der Waals surface area contributed by atoms with E-state index < -0.39 is 0 Å². The van der Waals surface area contributed by atoms with E-state index in [2.05, 4.69) is 34.5 Å². The van der Waals surface area contributed by atoms with E-state index >= 15 is 0 Å². The fourth-order valence-electron chi connectivity index (χ4n) is 3.90. The molecule has 2 fully saturated rings. The van der Waals surface area contributed by atoms with Crippen molar-refractivity contribution in [3.05, 3.63) is 35.4 Å². The summed E-state index contributed by atoms with van der Waals surface area (Å²) in [4.78, 5) is 14.7. The molecule has 1 heterocycles. The van der Waals surface area contributed by atoms with Crippen LogP contribution in [0.3, 0.4) is 0 Å². The molecule has 3 N–H and O–H groups in total. The summed E-state index contributed by atoms with van der Waals surface area (Å²) < 4.78 is 0. The molecule has 132 valence electrons. The summed E-state index contributed by atoms with van der Waals surface area (Å²) in [5.41, 5.74) is 8.43. The Labute approximate surface area is 145 Å². The van der Waals surface area contributed by atoms with E-state index in [-0.39, 0.29) is 17.9 Å². The molecule has 4 nitrogen and oxygen atoms in total. The fraction of sp³-hybridized carbons (Fsp3) is 0.650. The number of hydrogen-bond acceptors (Lipinski definition) is 3. The first-order valence-electron chi connectivity index (χ1n) is 9.54. The van der Waals surface area contributed by atoms with Gasteiger partial charge in [0, 0.05) is 25.0 Å². The van der Waals surface area contributed by atoms with Crippen molar-refractivity contribution in [1.82, 2.24) is 10.2 Å². The standard InChI is InChI=1S/C20H31N3O/c21-19-10-9-18(13-19)20(24)22-14-16-5-7-17(8-6-16)15-23-11-3-1-2-4-12-23/h5-8,18-19H,1-4,9-15,21H2,(H,22,24). The average molecular weight is 329 g/mol. The van der Waals surface area contributed by atoms with Gasteiger partial charge in [-0.25, -0.2) is 0 Å². The molecule has 0 spiro atoms. The van der Waals surface area contributed by atoms with Crippen molar-refractivity contribution in [2.24, 2.45) is 11.7 Å². The molecule has 2 atom stereocenters. The summed E-state index contributed by atoms with van der Waals surface area (Å²) in [5, 5.41) is 3.07. The first-order valence-corrected chi connectivity index (χ1v) is 9.54. The quantitative estimate of drug-likeness (QED) is 0.873. The Kier molecular flexibility index (Phi) is 6.27. The van der Waals surface area contributed by atoms with Gasteiger partial charge in [0.15, 0.2) is 0 Å². The van der Waals surface area contributed by atoms with Crippen molar-refractivity contribution >= 4 is 5.91 Å². The lowest BCUT2D eigenvalue weighted by atomic mass is 10.1. The number of nitrogens with zero attached hydrogens (tertiary/aromatic N) is 1. The lowest BCUT2D eigenvalue weighted by Crippen LogP contribution is -2.30. The summed E-state index contributed by atoms with van der Waals surface area (Å²) in [7, 11) is 0. The van der Waals surface area contributed by atoms with Gasteiger partial charge in [0.1, 0.15) is 0 Å². The van der Waals surface area contributed by atoms with Gasteiger partial charge in [0.2, 0.25) is 5.91 Å². The van der Waals surface area contributed by atoms with Crippen molar-refractivity contribution in [2.45, 2.75) is 64.1 Å². The van der Waals surface area contributed by atoms with Crippen LogP contribution in [0.2, 0.25) is 0 Å². The van der Waals surface area contributed by atoms with Gasteiger partial charge >= 0.3 is 0 Å². The molecule has 0 bridgehead atoms. The highest BCUT2D eigenvalue weighted by Crippen LogP contribution is 2.24. The Balaban J connectivity index is 1.45. The van der Waals surface area contributed by atoms with Gasteiger partial charge in [-0.05, 0) is 56.3 Å². The molecule has 0 aromatic heterocycles. The maximum absolute atomic E-state index is 12.2. The number of nitrogens with two attached hydrogens (primary N) is 1. The highest BCUT2D eigenvalue weighted by molar-refractivity contribution is 5.79. The molecule has 4 heteroatoms. The molecule has 0 radical (unpaired) electrons. The highest BCUT2D eigenvalue weighted by Gasteiger charge is 2.27. The van der Waals surface area contributed by atoms with Gasteiger partial charge in [-0.1, -0.05) is 37.1 Å². The molecule has 24 heavy (non-hydrogen) atoms. The predicted molar refractivity (Wildman–Crippen MR) is 97.4 cm³/mol. The Morgan fingerprint density at radius 1 is 1.04 bits per heavy atom. The van der Waals surface area contributed by atoms with Crippen LogP contribution < -0.4 is 11.1 Å². The maximum Gasteiger partial charge on any atom is 0.223 e. The predicted octanol–water partition coefficient (Wildman–Crippen LogP) is 2.81. The Morgan fingerprint density at radius 2 is 1.71 bits per heavy atom. The Morgan fingerprint density at radius 3 is 2.33 bits per heavy atom. The smallest absolute Gasteiger partial charge is 0.223 e. The molecule has 1 aliphatic heterocycles. The van der Waals surface area contributed by atoms with Gasteiger partial charge in [-0.2, -0.15) is 0 Å². The first kappa shape index (κ1) is 17.4. The monoisotopic (exact) mass is 329 g/mol. The second-order valence-corrected chi connectivity index (χ2v) is 7.49. The molecule has 2 unspecified atom stereocenters. The lowest BCUT2D eigenvalue weighted by Gasteiger charge is -2.19. The third kappa shape index (κ3) is 5.05. The molecule has 2 aliphatic rings. The molecule has 1 aliphatic carbocycles. The van der Waals surface area contributed by atoms with Crippen LogP contribution in [0.1, 0.15) is 56.1 Å². The van der Waals surface area contributed by atoms with Crippen LogP contribution in [0, 0.1) is 5.92 Å². The fourth-order valence-corrected chi connectivity index (χ4v) is 3.90. The Hall–Kier alpha value is -1.39. The zero-order valence-corrected chi connectivity index (χ0v) is 14.7. The molecule has 1 saturated carbocycles. The number of nitrogens with one attached hydrogen (secondary N) is 1. The van der Waals surface area contributed by atoms with Gasteiger partial charge in [-0.15, -0.1) is 0 Å². The van der Waals surface area contributed by atoms with Crippen LogP contribution in [0.5, 0.6) is 0 Å². The minimum Gasteiger partial charge on any atom is -0.352 e. The van der Waals surface area contributed by atoms with Crippen molar-refractivity contribution in [1.29, 1.82) is 0 Å². The van der Waals surface area contributed by atoms with E-state index in [9.17, 15) is 4.79 Å². The summed E-state index contributed by atoms with van der Waals surface area (Å²) in [6.45, 7) is 4.11. The lowest BCUT2D eigenvalue weighted by molar-refractivity contribution is -0.125. The molecule has 1 aromatic rings. The first-order chi connectivity index (χ1) is 11.7. The van der Waals surface area contributed by atoms with Gasteiger partial charge < -0.3 is 11.1 Å². The van der Waals surface area contributed by atoms with E-state index in [0.29, 0.717) is 6.54 Å². The molecule has 1 amide bonds. The van der Waals surface area contributed by atoms with Crippen molar-refractivity contribution in [2.75, 3.05) is 13.1 Å². The zero-order chi connectivity index (χ0) is 16.8.